The van der Waals surface area contributed by atoms with Crippen molar-refractivity contribution in [3.05, 3.63) is 35.9 Å². The lowest BCUT2D eigenvalue weighted by Gasteiger charge is -2.13. The van der Waals surface area contributed by atoms with Gasteiger partial charge in [0.05, 0.1) is 6.10 Å². The number of hydrogen-bond donors (Lipinski definition) is 0. The molecule has 1 atom stereocenters. The molecule has 2 heteroatoms. The molecule has 0 amide bonds. The molecule has 1 aromatic rings. The fourth-order valence-corrected chi connectivity index (χ4v) is 1.66. The van der Waals surface area contributed by atoms with E-state index in [1.807, 2.05) is 25.1 Å². The molecule has 0 spiro atoms. The Morgan fingerprint density at radius 3 is 2.50 bits per heavy atom. The summed E-state index contributed by atoms with van der Waals surface area (Å²) in [6.45, 7) is 2.77. The second-order valence-electron chi connectivity index (χ2n) is 2.51. The molecule has 0 radical (unpaired) electrons. The molecule has 0 N–H and O–H groups in total. The third-order valence-corrected chi connectivity index (χ3v) is 2.27. The Kier molecular flexibility index (Phi) is 4.33. The second kappa shape index (κ2) is 5.33. The van der Waals surface area contributed by atoms with E-state index < -0.39 is 0 Å². The van der Waals surface area contributed by atoms with Crippen LogP contribution < -0.4 is 0 Å². The lowest BCUT2D eigenvalue weighted by Crippen LogP contribution is -2.04. The molecule has 0 bridgehead atoms. The van der Waals surface area contributed by atoms with Crippen molar-refractivity contribution in [3.63, 3.8) is 0 Å². The summed E-state index contributed by atoms with van der Waals surface area (Å²) in [5.41, 5.74) is 1.23. The van der Waals surface area contributed by atoms with Gasteiger partial charge in [-0.05, 0) is 12.5 Å². The first-order valence-electron chi connectivity index (χ1n) is 4.11. The smallest absolute Gasteiger partial charge is 0.0921 e. The third kappa shape index (κ3) is 2.61. The summed E-state index contributed by atoms with van der Waals surface area (Å²) in [5.74, 6) is 0. The number of rotatable bonds is 4. The van der Waals surface area contributed by atoms with Crippen LogP contribution in [0.1, 0.15) is 18.6 Å². The molecule has 0 saturated heterocycles. The zero-order valence-corrected chi connectivity index (χ0v) is 8.75. The molecular weight excluding hydrogens is 216 g/mol. The maximum Gasteiger partial charge on any atom is 0.0921 e. The van der Waals surface area contributed by atoms with Crippen molar-refractivity contribution in [2.24, 2.45) is 0 Å². The topological polar surface area (TPSA) is 9.23 Å². The summed E-state index contributed by atoms with van der Waals surface area (Å²) in [5, 5.41) is 0.852. The molecule has 1 nitrogen and oxygen atoms in total. The van der Waals surface area contributed by atoms with Gasteiger partial charge in [0, 0.05) is 11.9 Å². The normalized spacial score (nSPS) is 12.8. The van der Waals surface area contributed by atoms with E-state index >= 15 is 0 Å². The first-order chi connectivity index (χ1) is 5.88. The van der Waals surface area contributed by atoms with Crippen LogP contribution >= 0.6 is 15.9 Å². The monoisotopic (exact) mass is 228 g/mol. The van der Waals surface area contributed by atoms with Gasteiger partial charge in [0.25, 0.3) is 0 Å². The Labute approximate surface area is 81.9 Å². The van der Waals surface area contributed by atoms with Crippen LogP contribution in [0.4, 0.5) is 0 Å². The van der Waals surface area contributed by atoms with E-state index in [-0.39, 0.29) is 6.10 Å². The number of alkyl halides is 1. The molecule has 0 saturated carbocycles. The van der Waals surface area contributed by atoms with Gasteiger partial charge in [-0.15, -0.1) is 0 Å². The van der Waals surface area contributed by atoms with Gasteiger partial charge in [-0.25, -0.2) is 0 Å². The molecule has 0 aliphatic rings. The van der Waals surface area contributed by atoms with E-state index in [0.29, 0.717) is 0 Å². The molecule has 0 aromatic heterocycles. The fraction of sp³-hybridized carbons (Fsp3) is 0.400. The molecular formula is C10H13BrO. The minimum absolute atomic E-state index is 0.191. The quantitative estimate of drug-likeness (QED) is 0.720. The molecule has 0 fully saturated rings. The van der Waals surface area contributed by atoms with Crippen molar-refractivity contribution >= 4 is 15.9 Å². The van der Waals surface area contributed by atoms with Gasteiger partial charge in [0.1, 0.15) is 0 Å². The van der Waals surface area contributed by atoms with Crippen molar-refractivity contribution in [2.75, 3.05) is 11.9 Å². The predicted molar refractivity (Wildman–Crippen MR) is 54.6 cm³/mol. The SMILES string of the molecule is CCOC(CBr)c1ccccc1. The van der Waals surface area contributed by atoms with Gasteiger partial charge < -0.3 is 4.74 Å². The maximum absolute atomic E-state index is 5.53. The van der Waals surface area contributed by atoms with Gasteiger partial charge in [0.15, 0.2) is 0 Å². The summed E-state index contributed by atoms with van der Waals surface area (Å²) in [6, 6.07) is 10.2. The summed E-state index contributed by atoms with van der Waals surface area (Å²) in [6.07, 6.45) is 0.191. The Hall–Kier alpha value is -0.340. The molecule has 0 aliphatic heterocycles. The van der Waals surface area contributed by atoms with E-state index in [9.17, 15) is 0 Å². The van der Waals surface area contributed by atoms with E-state index in [0.717, 1.165) is 11.9 Å². The molecule has 12 heavy (non-hydrogen) atoms. The largest absolute Gasteiger partial charge is 0.373 e. The highest BCUT2D eigenvalue weighted by Gasteiger charge is 2.07. The first kappa shape index (κ1) is 9.75. The van der Waals surface area contributed by atoms with Gasteiger partial charge in [-0.3, -0.25) is 0 Å². The molecule has 66 valence electrons. The Morgan fingerprint density at radius 2 is 2.00 bits per heavy atom. The molecule has 0 aliphatic carbocycles. The summed E-state index contributed by atoms with van der Waals surface area (Å²) in [7, 11) is 0. The minimum Gasteiger partial charge on any atom is -0.373 e. The van der Waals surface area contributed by atoms with Crippen LogP contribution in [0.2, 0.25) is 0 Å². The van der Waals surface area contributed by atoms with Crippen LogP contribution in [0.5, 0.6) is 0 Å². The van der Waals surface area contributed by atoms with Crippen LogP contribution in [0.15, 0.2) is 30.3 Å². The standard InChI is InChI=1S/C10H13BrO/c1-2-12-10(8-11)9-6-4-3-5-7-9/h3-7,10H,2,8H2,1H3. The number of ether oxygens (including phenoxy) is 1. The number of benzene rings is 1. The van der Waals surface area contributed by atoms with Gasteiger partial charge >= 0.3 is 0 Å². The van der Waals surface area contributed by atoms with Crippen LogP contribution in [-0.2, 0) is 4.74 Å². The minimum atomic E-state index is 0.191. The molecule has 1 rings (SSSR count). The molecule has 0 heterocycles. The predicted octanol–water partition coefficient (Wildman–Crippen LogP) is 3.16. The fourth-order valence-electron chi connectivity index (χ4n) is 1.10. The van der Waals surface area contributed by atoms with E-state index in [4.69, 9.17) is 4.74 Å². The van der Waals surface area contributed by atoms with Crippen molar-refractivity contribution in [1.82, 2.24) is 0 Å². The maximum atomic E-state index is 5.53. The zero-order valence-electron chi connectivity index (χ0n) is 7.16. The highest BCUT2D eigenvalue weighted by Crippen LogP contribution is 2.18. The number of halogens is 1. The highest BCUT2D eigenvalue weighted by molar-refractivity contribution is 9.09. The van der Waals surface area contributed by atoms with Crippen LogP contribution in [0.25, 0.3) is 0 Å². The van der Waals surface area contributed by atoms with Crippen molar-refractivity contribution in [3.8, 4) is 0 Å². The van der Waals surface area contributed by atoms with E-state index in [1.54, 1.807) is 0 Å². The number of hydrogen-bond acceptors (Lipinski definition) is 1. The van der Waals surface area contributed by atoms with Gasteiger partial charge in [-0.2, -0.15) is 0 Å². The van der Waals surface area contributed by atoms with Gasteiger partial charge in [0.2, 0.25) is 0 Å². The zero-order chi connectivity index (χ0) is 8.81. The van der Waals surface area contributed by atoms with Crippen LogP contribution in [0, 0.1) is 0 Å². The Balaban J connectivity index is 2.66. The average Bonchev–Trinajstić information content (AvgIpc) is 2.15. The van der Waals surface area contributed by atoms with E-state index in [1.165, 1.54) is 5.56 Å². The lowest BCUT2D eigenvalue weighted by atomic mass is 10.1. The Morgan fingerprint density at radius 1 is 1.33 bits per heavy atom. The van der Waals surface area contributed by atoms with Crippen LogP contribution in [0.3, 0.4) is 0 Å². The van der Waals surface area contributed by atoms with E-state index in [2.05, 4.69) is 28.1 Å². The summed E-state index contributed by atoms with van der Waals surface area (Å²) < 4.78 is 5.53. The van der Waals surface area contributed by atoms with Crippen molar-refractivity contribution in [1.29, 1.82) is 0 Å². The Bertz CT molecular complexity index is 210. The third-order valence-electron chi connectivity index (χ3n) is 1.68. The van der Waals surface area contributed by atoms with Gasteiger partial charge in [-0.1, -0.05) is 46.3 Å². The van der Waals surface area contributed by atoms with Crippen molar-refractivity contribution in [2.45, 2.75) is 13.0 Å². The van der Waals surface area contributed by atoms with Crippen LogP contribution in [-0.4, -0.2) is 11.9 Å². The average molecular weight is 229 g/mol. The summed E-state index contributed by atoms with van der Waals surface area (Å²) in [4.78, 5) is 0. The second-order valence-corrected chi connectivity index (χ2v) is 3.16. The molecule has 1 unspecified atom stereocenters. The highest BCUT2D eigenvalue weighted by atomic mass is 79.9. The first-order valence-corrected chi connectivity index (χ1v) is 5.23. The van der Waals surface area contributed by atoms with Crippen molar-refractivity contribution < 1.29 is 4.74 Å². The lowest BCUT2D eigenvalue weighted by molar-refractivity contribution is 0.0807. The molecule has 1 aromatic carbocycles. The summed E-state index contributed by atoms with van der Waals surface area (Å²) >= 11 is 3.43.